The molecule has 4 heteroatoms. The van der Waals surface area contributed by atoms with E-state index in [0.29, 0.717) is 0 Å². The number of nitrogens with one attached hydrogen (secondary N) is 1. The maximum absolute atomic E-state index is 12.3. The topological polar surface area (TPSA) is 47.6 Å². The second-order valence-electron chi connectivity index (χ2n) is 6.32. The molecule has 1 amide bonds. The van der Waals surface area contributed by atoms with E-state index >= 15 is 0 Å². The fourth-order valence-electron chi connectivity index (χ4n) is 2.88. The number of amides is 1. The van der Waals surface area contributed by atoms with Gasteiger partial charge in [0.1, 0.15) is 11.5 Å². The molecular weight excluding hydrogens is 314 g/mol. The Morgan fingerprint density at radius 3 is 2.32 bits per heavy atom. The SMILES string of the molecule is CC[C@H](NC(=O)COc1ccc(C)cc1C)c1ccc(OC)c(C)c1. The molecule has 2 rings (SSSR count). The van der Waals surface area contributed by atoms with E-state index < -0.39 is 0 Å². The quantitative estimate of drug-likeness (QED) is 0.818. The van der Waals surface area contributed by atoms with E-state index in [1.54, 1.807) is 7.11 Å². The molecule has 0 saturated heterocycles. The molecule has 0 aromatic heterocycles. The molecule has 0 heterocycles. The van der Waals surface area contributed by atoms with Gasteiger partial charge in [0.05, 0.1) is 13.2 Å². The van der Waals surface area contributed by atoms with Gasteiger partial charge >= 0.3 is 0 Å². The van der Waals surface area contributed by atoms with Crippen LogP contribution in [0.1, 0.15) is 41.6 Å². The highest BCUT2D eigenvalue weighted by molar-refractivity contribution is 5.78. The first-order chi connectivity index (χ1) is 11.9. The summed E-state index contributed by atoms with van der Waals surface area (Å²) in [6, 6.07) is 11.9. The highest BCUT2D eigenvalue weighted by atomic mass is 16.5. The van der Waals surface area contributed by atoms with Gasteiger partial charge in [-0.3, -0.25) is 4.79 Å². The Morgan fingerprint density at radius 2 is 1.72 bits per heavy atom. The molecular formula is C21H27NO3. The third kappa shape index (κ3) is 4.99. The number of hydrogen-bond acceptors (Lipinski definition) is 3. The summed E-state index contributed by atoms with van der Waals surface area (Å²) in [4.78, 5) is 12.3. The lowest BCUT2D eigenvalue weighted by Gasteiger charge is -2.19. The molecule has 0 aliphatic carbocycles. The highest BCUT2D eigenvalue weighted by Gasteiger charge is 2.14. The molecule has 0 unspecified atom stereocenters. The summed E-state index contributed by atoms with van der Waals surface area (Å²) in [5, 5.41) is 3.04. The zero-order valence-corrected chi connectivity index (χ0v) is 15.7. The van der Waals surface area contributed by atoms with Crippen molar-refractivity contribution in [3.63, 3.8) is 0 Å². The maximum atomic E-state index is 12.3. The van der Waals surface area contributed by atoms with E-state index in [2.05, 4.69) is 18.3 Å². The largest absolute Gasteiger partial charge is 0.496 e. The van der Waals surface area contributed by atoms with Gasteiger partial charge in [-0.15, -0.1) is 0 Å². The zero-order valence-electron chi connectivity index (χ0n) is 15.7. The van der Waals surface area contributed by atoms with Gasteiger partial charge in [-0.25, -0.2) is 0 Å². The predicted octanol–water partition coefficient (Wildman–Crippen LogP) is 4.27. The fourth-order valence-corrected chi connectivity index (χ4v) is 2.88. The van der Waals surface area contributed by atoms with Crippen LogP contribution in [0, 0.1) is 20.8 Å². The Morgan fingerprint density at radius 1 is 1.04 bits per heavy atom. The van der Waals surface area contributed by atoms with Crippen molar-refractivity contribution in [2.75, 3.05) is 13.7 Å². The number of aryl methyl sites for hydroxylation is 3. The van der Waals surface area contributed by atoms with Crippen LogP contribution in [0.2, 0.25) is 0 Å². The minimum Gasteiger partial charge on any atom is -0.496 e. The van der Waals surface area contributed by atoms with Crippen molar-refractivity contribution >= 4 is 5.91 Å². The number of rotatable bonds is 7. The predicted molar refractivity (Wildman–Crippen MR) is 100 cm³/mol. The average Bonchev–Trinajstić information content (AvgIpc) is 2.58. The lowest BCUT2D eigenvalue weighted by Crippen LogP contribution is -2.32. The standard InChI is InChI=1S/C21H27NO3/c1-6-18(17-8-10-19(24-5)16(4)12-17)22-21(23)13-25-20-9-7-14(2)11-15(20)3/h7-12,18H,6,13H2,1-5H3,(H,22,23)/t18-/m0/s1. The van der Waals surface area contributed by atoms with Crippen molar-refractivity contribution < 1.29 is 14.3 Å². The van der Waals surface area contributed by atoms with Crippen molar-refractivity contribution in [3.8, 4) is 11.5 Å². The summed E-state index contributed by atoms with van der Waals surface area (Å²) in [6.45, 7) is 8.08. The third-order valence-corrected chi connectivity index (χ3v) is 4.25. The van der Waals surface area contributed by atoms with Crippen LogP contribution < -0.4 is 14.8 Å². The van der Waals surface area contributed by atoms with Gasteiger partial charge in [0.2, 0.25) is 0 Å². The summed E-state index contributed by atoms with van der Waals surface area (Å²) < 4.78 is 11.0. The van der Waals surface area contributed by atoms with Gasteiger partial charge in [0, 0.05) is 0 Å². The molecule has 0 aliphatic rings. The lowest BCUT2D eigenvalue weighted by atomic mass is 10.0. The molecule has 0 fully saturated rings. The van der Waals surface area contributed by atoms with Crippen LogP contribution in [0.4, 0.5) is 0 Å². The van der Waals surface area contributed by atoms with E-state index in [-0.39, 0.29) is 18.6 Å². The lowest BCUT2D eigenvalue weighted by molar-refractivity contribution is -0.123. The van der Waals surface area contributed by atoms with Crippen molar-refractivity contribution in [1.29, 1.82) is 0 Å². The van der Waals surface area contributed by atoms with Crippen molar-refractivity contribution in [3.05, 3.63) is 58.7 Å². The molecule has 1 N–H and O–H groups in total. The van der Waals surface area contributed by atoms with E-state index in [4.69, 9.17) is 9.47 Å². The van der Waals surface area contributed by atoms with Gasteiger partial charge in [-0.1, -0.05) is 36.8 Å². The summed E-state index contributed by atoms with van der Waals surface area (Å²) >= 11 is 0. The minimum absolute atomic E-state index is 0.00946. The van der Waals surface area contributed by atoms with Crippen molar-refractivity contribution in [1.82, 2.24) is 5.32 Å². The van der Waals surface area contributed by atoms with Crippen LogP contribution in [0.25, 0.3) is 0 Å². The van der Waals surface area contributed by atoms with Crippen LogP contribution in [-0.4, -0.2) is 19.6 Å². The normalized spacial score (nSPS) is 11.7. The summed E-state index contributed by atoms with van der Waals surface area (Å²) in [7, 11) is 1.66. The Hall–Kier alpha value is -2.49. The van der Waals surface area contributed by atoms with Crippen molar-refractivity contribution in [2.45, 2.75) is 40.2 Å². The first-order valence-corrected chi connectivity index (χ1v) is 8.58. The number of methoxy groups -OCH3 is 1. The van der Waals surface area contributed by atoms with E-state index in [1.165, 1.54) is 5.56 Å². The van der Waals surface area contributed by atoms with Crippen LogP contribution in [0.3, 0.4) is 0 Å². The molecule has 134 valence electrons. The van der Waals surface area contributed by atoms with Gasteiger partial charge in [0.25, 0.3) is 5.91 Å². The summed E-state index contributed by atoms with van der Waals surface area (Å²) in [5.41, 5.74) is 4.33. The second kappa shape index (κ2) is 8.56. The summed E-state index contributed by atoms with van der Waals surface area (Å²) in [6.07, 6.45) is 0.807. The highest BCUT2D eigenvalue weighted by Crippen LogP contribution is 2.24. The number of carbonyl (C=O) groups excluding carboxylic acids is 1. The molecule has 0 aliphatic heterocycles. The molecule has 0 radical (unpaired) electrons. The number of ether oxygens (including phenoxy) is 2. The number of hydrogen-bond donors (Lipinski definition) is 1. The van der Waals surface area contributed by atoms with Gasteiger partial charge in [0.15, 0.2) is 6.61 Å². The number of carbonyl (C=O) groups is 1. The third-order valence-electron chi connectivity index (χ3n) is 4.25. The van der Waals surface area contributed by atoms with Crippen LogP contribution in [0.15, 0.2) is 36.4 Å². The monoisotopic (exact) mass is 341 g/mol. The zero-order chi connectivity index (χ0) is 18.4. The smallest absolute Gasteiger partial charge is 0.258 e. The van der Waals surface area contributed by atoms with Gasteiger partial charge in [-0.05, 0) is 56.0 Å². The number of benzene rings is 2. The first-order valence-electron chi connectivity index (χ1n) is 8.58. The first kappa shape index (κ1) is 18.8. The molecule has 0 saturated carbocycles. The minimum atomic E-state index is -0.125. The Balaban J connectivity index is 1.98. The molecule has 2 aromatic carbocycles. The maximum Gasteiger partial charge on any atom is 0.258 e. The van der Waals surface area contributed by atoms with E-state index in [9.17, 15) is 4.79 Å². The van der Waals surface area contributed by atoms with Crippen LogP contribution in [0.5, 0.6) is 11.5 Å². The Bertz CT molecular complexity index is 740. The molecule has 0 bridgehead atoms. The molecule has 0 spiro atoms. The van der Waals surface area contributed by atoms with E-state index in [1.807, 2.05) is 51.1 Å². The Labute approximate surface area is 150 Å². The van der Waals surface area contributed by atoms with Crippen LogP contribution >= 0.6 is 0 Å². The Kier molecular flexibility index (Phi) is 6.45. The molecule has 1 atom stereocenters. The average molecular weight is 341 g/mol. The fraction of sp³-hybridized carbons (Fsp3) is 0.381. The van der Waals surface area contributed by atoms with Crippen LogP contribution in [-0.2, 0) is 4.79 Å². The molecule has 2 aromatic rings. The van der Waals surface area contributed by atoms with Gasteiger partial charge in [-0.2, -0.15) is 0 Å². The van der Waals surface area contributed by atoms with Crippen molar-refractivity contribution in [2.24, 2.45) is 0 Å². The molecule has 25 heavy (non-hydrogen) atoms. The second-order valence-corrected chi connectivity index (χ2v) is 6.32. The van der Waals surface area contributed by atoms with E-state index in [0.717, 1.165) is 34.6 Å². The van der Waals surface area contributed by atoms with Gasteiger partial charge < -0.3 is 14.8 Å². The summed E-state index contributed by atoms with van der Waals surface area (Å²) in [5.74, 6) is 1.47. The molecule has 4 nitrogen and oxygen atoms in total.